The fraction of sp³-hybridized carbons (Fsp3) is 0.500. The van der Waals surface area contributed by atoms with Gasteiger partial charge < -0.3 is 9.80 Å². The fourth-order valence-corrected chi connectivity index (χ4v) is 3.99. The van der Waals surface area contributed by atoms with Gasteiger partial charge in [-0.25, -0.2) is 4.39 Å². The van der Waals surface area contributed by atoms with E-state index in [1.807, 2.05) is 0 Å². The highest BCUT2D eigenvalue weighted by Gasteiger charge is 2.46. The second kappa shape index (κ2) is 7.33. The van der Waals surface area contributed by atoms with Crippen LogP contribution < -0.4 is 0 Å². The SMILES string of the molecule is O=C(CN1C(=O)CCC1=O)N1CCN(C(=O)[C@@H]2C[C@@H]2c2ccc(F)cc2)CC1. The number of hydrogen-bond donors (Lipinski definition) is 0. The average molecular weight is 387 g/mol. The molecule has 0 aromatic heterocycles. The predicted octanol–water partition coefficient (Wildman–Crippen LogP) is 0.749. The summed E-state index contributed by atoms with van der Waals surface area (Å²) in [6.07, 6.45) is 1.11. The molecule has 7 nitrogen and oxygen atoms in total. The first-order valence-electron chi connectivity index (χ1n) is 9.59. The highest BCUT2D eigenvalue weighted by molar-refractivity contribution is 6.04. The van der Waals surface area contributed by atoms with Gasteiger partial charge in [-0.05, 0) is 30.0 Å². The van der Waals surface area contributed by atoms with Crippen molar-refractivity contribution in [2.24, 2.45) is 5.92 Å². The Balaban J connectivity index is 1.27. The van der Waals surface area contributed by atoms with Crippen LogP contribution in [0.5, 0.6) is 0 Å². The molecule has 0 bridgehead atoms. The molecule has 148 valence electrons. The van der Waals surface area contributed by atoms with Crippen LogP contribution in [0.1, 0.15) is 30.7 Å². The number of amides is 4. The molecule has 28 heavy (non-hydrogen) atoms. The lowest BCUT2D eigenvalue weighted by atomic mass is 10.1. The van der Waals surface area contributed by atoms with Gasteiger partial charge in [-0.1, -0.05) is 12.1 Å². The summed E-state index contributed by atoms with van der Waals surface area (Å²) in [6.45, 7) is 1.47. The Bertz CT molecular complexity index is 801. The standard InChI is InChI=1S/C20H22FN3O4/c21-14-3-1-13(2-4-14)15-11-16(15)20(28)23-9-7-22(8-10-23)19(27)12-24-17(25)5-6-18(24)26/h1-4,15-16H,5-12H2/t15-,16-/m1/s1. The molecule has 0 unspecified atom stereocenters. The van der Waals surface area contributed by atoms with Crippen molar-refractivity contribution in [1.29, 1.82) is 0 Å². The van der Waals surface area contributed by atoms with E-state index in [0.29, 0.717) is 26.2 Å². The van der Waals surface area contributed by atoms with Crippen LogP contribution in [0, 0.1) is 11.7 Å². The summed E-state index contributed by atoms with van der Waals surface area (Å²) in [5, 5.41) is 0. The number of halogens is 1. The molecule has 3 fully saturated rings. The molecule has 2 aliphatic heterocycles. The summed E-state index contributed by atoms with van der Waals surface area (Å²) in [4.78, 5) is 52.8. The Morgan fingerprint density at radius 3 is 2.11 bits per heavy atom. The first-order valence-corrected chi connectivity index (χ1v) is 9.59. The maximum atomic E-state index is 13.0. The van der Waals surface area contributed by atoms with Gasteiger partial charge in [0.05, 0.1) is 0 Å². The molecule has 0 radical (unpaired) electrons. The van der Waals surface area contributed by atoms with E-state index in [2.05, 4.69) is 0 Å². The van der Waals surface area contributed by atoms with E-state index in [0.717, 1.165) is 16.9 Å². The van der Waals surface area contributed by atoms with Crippen LogP contribution in [0.3, 0.4) is 0 Å². The third kappa shape index (κ3) is 3.63. The van der Waals surface area contributed by atoms with Gasteiger partial charge >= 0.3 is 0 Å². The van der Waals surface area contributed by atoms with Crippen molar-refractivity contribution in [1.82, 2.24) is 14.7 Å². The molecule has 2 heterocycles. The topological polar surface area (TPSA) is 78.0 Å². The van der Waals surface area contributed by atoms with Gasteiger partial charge in [-0.2, -0.15) is 0 Å². The minimum absolute atomic E-state index is 0.0753. The Kier molecular flexibility index (Phi) is 4.87. The predicted molar refractivity (Wildman–Crippen MR) is 96.4 cm³/mol. The molecular formula is C20H22FN3O4. The van der Waals surface area contributed by atoms with E-state index < -0.39 is 0 Å². The molecule has 4 rings (SSSR count). The van der Waals surface area contributed by atoms with Crippen molar-refractivity contribution in [3.8, 4) is 0 Å². The van der Waals surface area contributed by atoms with Gasteiger partial charge in [0.25, 0.3) is 0 Å². The summed E-state index contributed by atoms with van der Waals surface area (Å²) in [7, 11) is 0. The lowest BCUT2D eigenvalue weighted by Gasteiger charge is -2.35. The number of imide groups is 1. The van der Waals surface area contributed by atoms with Crippen molar-refractivity contribution < 1.29 is 23.6 Å². The molecule has 3 aliphatic rings. The molecule has 1 saturated carbocycles. The molecule has 2 saturated heterocycles. The number of benzene rings is 1. The van der Waals surface area contributed by atoms with Crippen molar-refractivity contribution in [2.45, 2.75) is 25.2 Å². The zero-order valence-electron chi connectivity index (χ0n) is 15.5. The van der Waals surface area contributed by atoms with Crippen LogP contribution in [0.2, 0.25) is 0 Å². The van der Waals surface area contributed by atoms with E-state index >= 15 is 0 Å². The third-order valence-corrected chi connectivity index (χ3v) is 5.80. The summed E-state index contributed by atoms with van der Waals surface area (Å²) in [5.74, 6) is -1.00. The van der Waals surface area contributed by atoms with Crippen molar-refractivity contribution in [3.05, 3.63) is 35.6 Å². The molecule has 0 N–H and O–H groups in total. The Morgan fingerprint density at radius 2 is 1.50 bits per heavy atom. The first-order chi connectivity index (χ1) is 13.4. The van der Waals surface area contributed by atoms with Gasteiger partial charge in [0.2, 0.25) is 23.6 Å². The zero-order chi connectivity index (χ0) is 19.8. The molecule has 8 heteroatoms. The first kappa shape index (κ1) is 18.6. The molecule has 1 aromatic carbocycles. The minimum atomic E-state index is -0.298. The van der Waals surface area contributed by atoms with Gasteiger partial charge in [-0.15, -0.1) is 0 Å². The molecule has 1 aromatic rings. The normalized spacial score (nSPS) is 24.7. The largest absolute Gasteiger partial charge is 0.339 e. The highest BCUT2D eigenvalue weighted by Crippen LogP contribution is 2.48. The number of likely N-dealkylation sites (tertiary alicyclic amines) is 1. The molecule has 2 atom stereocenters. The van der Waals surface area contributed by atoms with E-state index in [1.165, 1.54) is 12.1 Å². The third-order valence-electron chi connectivity index (χ3n) is 5.80. The smallest absolute Gasteiger partial charge is 0.242 e. The molecule has 4 amide bonds. The molecular weight excluding hydrogens is 365 g/mol. The summed E-state index contributed by atoms with van der Waals surface area (Å²) < 4.78 is 13.0. The number of carbonyl (C=O) groups is 4. The maximum Gasteiger partial charge on any atom is 0.242 e. The van der Waals surface area contributed by atoms with E-state index in [4.69, 9.17) is 0 Å². The monoisotopic (exact) mass is 387 g/mol. The van der Waals surface area contributed by atoms with Crippen molar-refractivity contribution >= 4 is 23.6 Å². The van der Waals surface area contributed by atoms with E-state index in [-0.39, 0.29) is 60.7 Å². The van der Waals surface area contributed by atoms with Crippen molar-refractivity contribution in [3.63, 3.8) is 0 Å². The highest BCUT2D eigenvalue weighted by atomic mass is 19.1. The van der Waals surface area contributed by atoms with Crippen LogP contribution in [0.25, 0.3) is 0 Å². The quantitative estimate of drug-likeness (QED) is 0.715. The molecule has 0 spiro atoms. The Morgan fingerprint density at radius 1 is 0.929 bits per heavy atom. The lowest BCUT2D eigenvalue weighted by molar-refractivity contribution is -0.147. The number of rotatable bonds is 4. The van der Waals surface area contributed by atoms with Gasteiger partial charge in [-0.3, -0.25) is 24.1 Å². The number of carbonyl (C=O) groups excluding carboxylic acids is 4. The minimum Gasteiger partial charge on any atom is -0.339 e. The second-order valence-corrected chi connectivity index (χ2v) is 7.58. The van der Waals surface area contributed by atoms with Gasteiger partial charge in [0, 0.05) is 44.9 Å². The number of nitrogens with zero attached hydrogens (tertiary/aromatic N) is 3. The number of hydrogen-bond acceptors (Lipinski definition) is 4. The van der Waals surface area contributed by atoms with Crippen LogP contribution in [0.15, 0.2) is 24.3 Å². The lowest BCUT2D eigenvalue weighted by Crippen LogP contribution is -2.53. The summed E-state index contributed by atoms with van der Waals surface area (Å²) >= 11 is 0. The van der Waals surface area contributed by atoms with Crippen LogP contribution in [0.4, 0.5) is 4.39 Å². The second-order valence-electron chi connectivity index (χ2n) is 7.58. The van der Waals surface area contributed by atoms with Gasteiger partial charge in [0.1, 0.15) is 12.4 Å². The fourth-order valence-electron chi connectivity index (χ4n) is 3.99. The van der Waals surface area contributed by atoms with E-state index in [1.54, 1.807) is 21.9 Å². The number of piperazine rings is 1. The zero-order valence-corrected chi connectivity index (χ0v) is 15.5. The van der Waals surface area contributed by atoms with Crippen molar-refractivity contribution in [2.75, 3.05) is 32.7 Å². The van der Waals surface area contributed by atoms with E-state index in [9.17, 15) is 23.6 Å². The Labute approximate surface area is 162 Å². The Hall–Kier alpha value is -2.77. The van der Waals surface area contributed by atoms with Crippen LogP contribution >= 0.6 is 0 Å². The maximum absolute atomic E-state index is 13.0. The molecule has 1 aliphatic carbocycles. The van der Waals surface area contributed by atoms with Gasteiger partial charge in [0.15, 0.2) is 0 Å². The van der Waals surface area contributed by atoms with Crippen LogP contribution in [-0.2, 0) is 19.2 Å². The van der Waals surface area contributed by atoms with Crippen LogP contribution in [-0.4, -0.2) is 71.1 Å². The summed E-state index contributed by atoms with van der Waals surface area (Å²) in [5.41, 5.74) is 0.980. The average Bonchev–Trinajstić information content (AvgIpc) is 3.44. The summed E-state index contributed by atoms with van der Waals surface area (Å²) in [6, 6.07) is 6.28.